The van der Waals surface area contributed by atoms with Crippen LogP contribution < -0.4 is 15.2 Å². The minimum atomic E-state index is -0.131. The molecule has 0 saturated carbocycles. The van der Waals surface area contributed by atoms with E-state index in [2.05, 4.69) is 0 Å². The molecule has 1 aromatic rings. The lowest BCUT2D eigenvalue weighted by molar-refractivity contribution is -0.133. The van der Waals surface area contributed by atoms with Gasteiger partial charge >= 0.3 is 0 Å². The summed E-state index contributed by atoms with van der Waals surface area (Å²) in [5.74, 6) is 1.59. The normalized spacial score (nSPS) is 22.9. The fourth-order valence-electron chi connectivity index (χ4n) is 2.98. The molecule has 1 aliphatic rings. The summed E-state index contributed by atoms with van der Waals surface area (Å²) < 4.78 is 10.7. The third-order valence-corrected chi connectivity index (χ3v) is 4.05. The quantitative estimate of drug-likeness (QED) is 0.923. The van der Waals surface area contributed by atoms with Crippen molar-refractivity contribution in [2.24, 2.45) is 5.73 Å². The molecule has 5 heteroatoms. The molecular formula is C16H24N2O3. The summed E-state index contributed by atoms with van der Waals surface area (Å²) in [6.07, 6.45) is 2.25. The highest BCUT2D eigenvalue weighted by molar-refractivity contribution is 5.77. The van der Waals surface area contributed by atoms with Crippen LogP contribution in [0.4, 0.5) is 0 Å². The van der Waals surface area contributed by atoms with E-state index in [1.807, 2.05) is 30.0 Å². The number of nitrogens with two attached hydrogens (primary N) is 1. The molecule has 0 bridgehead atoms. The van der Waals surface area contributed by atoms with Gasteiger partial charge < -0.3 is 20.1 Å². The lowest BCUT2D eigenvalue weighted by atomic mass is 9.96. The van der Waals surface area contributed by atoms with Crippen LogP contribution in [0.15, 0.2) is 18.2 Å². The van der Waals surface area contributed by atoms with Crippen LogP contribution in [0.25, 0.3) is 0 Å². The maximum Gasteiger partial charge on any atom is 0.223 e. The van der Waals surface area contributed by atoms with E-state index in [0.717, 1.165) is 18.4 Å². The van der Waals surface area contributed by atoms with E-state index in [4.69, 9.17) is 15.2 Å². The van der Waals surface area contributed by atoms with Crippen molar-refractivity contribution < 1.29 is 14.3 Å². The van der Waals surface area contributed by atoms with Gasteiger partial charge in [0.05, 0.1) is 20.3 Å². The Hall–Kier alpha value is -1.75. The second-order valence-corrected chi connectivity index (χ2v) is 5.33. The average Bonchev–Trinajstić information content (AvgIpc) is 2.64. The van der Waals surface area contributed by atoms with Gasteiger partial charge in [-0.3, -0.25) is 4.79 Å². The Morgan fingerprint density at radius 1 is 1.24 bits per heavy atom. The van der Waals surface area contributed by atoms with Gasteiger partial charge in [0.2, 0.25) is 5.91 Å². The molecular weight excluding hydrogens is 268 g/mol. The zero-order valence-corrected chi connectivity index (χ0v) is 13.0. The van der Waals surface area contributed by atoms with Crippen LogP contribution in [0.1, 0.15) is 37.8 Å². The number of likely N-dealkylation sites (tertiary alicyclic amines) is 1. The smallest absolute Gasteiger partial charge is 0.223 e. The summed E-state index contributed by atoms with van der Waals surface area (Å²) in [6.45, 7) is 2.64. The van der Waals surface area contributed by atoms with Crippen molar-refractivity contribution in [1.29, 1.82) is 0 Å². The molecule has 2 rings (SSSR count). The molecule has 0 spiro atoms. The molecule has 116 valence electrons. The van der Waals surface area contributed by atoms with E-state index in [1.54, 1.807) is 14.2 Å². The first kappa shape index (κ1) is 15.6. The number of benzene rings is 1. The van der Waals surface area contributed by atoms with Crippen molar-refractivity contribution >= 4 is 5.91 Å². The first-order valence-corrected chi connectivity index (χ1v) is 7.38. The van der Waals surface area contributed by atoms with E-state index >= 15 is 0 Å². The minimum absolute atomic E-state index is 0.0757. The Morgan fingerprint density at radius 3 is 2.38 bits per heavy atom. The zero-order valence-electron chi connectivity index (χ0n) is 13.0. The van der Waals surface area contributed by atoms with Gasteiger partial charge in [-0.2, -0.15) is 0 Å². The van der Waals surface area contributed by atoms with Crippen LogP contribution >= 0.6 is 0 Å². The summed E-state index contributed by atoms with van der Waals surface area (Å²) in [6, 6.07) is 5.49. The van der Waals surface area contributed by atoms with Gasteiger partial charge in [-0.15, -0.1) is 0 Å². The second-order valence-electron chi connectivity index (χ2n) is 5.33. The number of methoxy groups -OCH3 is 2. The number of hydrogen-bond donors (Lipinski definition) is 1. The van der Waals surface area contributed by atoms with Gasteiger partial charge in [0.1, 0.15) is 11.5 Å². The van der Waals surface area contributed by atoms with E-state index in [9.17, 15) is 4.79 Å². The van der Waals surface area contributed by atoms with Crippen LogP contribution in [0.5, 0.6) is 11.5 Å². The van der Waals surface area contributed by atoms with Crippen LogP contribution in [0, 0.1) is 0 Å². The Labute approximate surface area is 126 Å². The van der Waals surface area contributed by atoms with Crippen LogP contribution in [0.2, 0.25) is 0 Å². The number of ether oxygens (including phenoxy) is 2. The fraction of sp³-hybridized carbons (Fsp3) is 0.562. The first-order valence-electron chi connectivity index (χ1n) is 7.38. The van der Waals surface area contributed by atoms with Crippen LogP contribution in [-0.2, 0) is 4.79 Å². The number of hydrogen-bond acceptors (Lipinski definition) is 4. The number of amides is 1. The Balaban J connectivity index is 2.46. The van der Waals surface area contributed by atoms with E-state index < -0.39 is 0 Å². The highest BCUT2D eigenvalue weighted by Gasteiger charge is 2.32. The zero-order chi connectivity index (χ0) is 15.4. The van der Waals surface area contributed by atoms with E-state index in [1.165, 1.54) is 0 Å². The van der Waals surface area contributed by atoms with E-state index in [-0.39, 0.29) is 18.0 Å². The van der Waals surface area contributed by atoms with Crippen LogP contribution in [0.3, 0.4) is 0 Å². The third-order valence-electron chi connectivity index (χ3n) is 4.05. The predicted molar refractivity (Wildman–Crippen MR) is 81.5 cm³/mol. The minimum Gasteiger partial charge on any atom is -0.497 e. The monoisotopic (exact) mass is 292 g/mol. The van der Waals surface area contributed by atoms with Crippen molar-refractivity contribution in [3.8, 4) is 11.5 Å². The molecule has 1 amide bonds. The number of rotatable bonds is 4. The van der Waals surface area contributed by atoms with E-state index in [0.29, 0.717) is 24.5 Å². The number of likely N-dealkylation sites (N-methyl/N-ethyl adjacent to an activating group) is 1. The summed E-state index contributed by atoms with van der Waals surface area (Å²) in [5.41, 5.74) is 7.32. The van der Waals surface area contributed by atoms with Crippen molar-refractivity contribution in [2.75, 3.05) is 20.8 Å². The Kier molecular flexibility index (Phi) is 5.07. The van der Waals surface area contributed by atoms with Gasteiger partial charge in [-0.1, -0.05) is 0 Å². The molecule has 1 heterocycles. The molecule has 1 aromatic carbocycles. The second kappa shape index (κ2) is 6.80. The lowest BCUT2D eigenvalue weighted by Gasteiger charge is -2.33. The lowest BCUT2D eigenvalue weighted by Crippen LogP contribution is -2.42. The Bertz CT molecular complexity index is 482. The molecule has 0 aliphatic carbocycles. The summed E-state index contributed by atoms with van der Waals surface area (Å²) >= 11 is 0. The van der Waals surface area contributed by atoms with Gasteiger partial charge in [0, 0.05) is 25.1 Å². The molecule has 0 aromatic heterocycles. The van der Waals surface area contributed by atoms with Gasteiger partial charge in [0.25, 0.3) is 0 Å². The number of carbonyl (C=O) groups excluding carboxylic acids is 1. The maximum atomic E-state index is 12.3. The first-order chi connectivity index (χ1) is 10.1. The van der Waals surface area contributed by atoms with Crippen LogP contribution in [-0.4, -0.2) is 37.6 Å². The summed E-state index contributed by atoms with van der Waals surface area (Å²) in [4.78, 5) is 14.2. The fourth-order valence-corrected chi connectivity index (χ4v) is 2.98. The number of carbonyl (C=O) groups is 1. The molecule has 1 aliphatic heterocycles. The van der Waals surface area contributed by atoms with Crippen molar-refractivity contribution in [2.45, 2.75) is 38.3 Å². The summed E-state index contributed by atoms with van der Waals surface area (Å²) in [5, 5.41) is 0. The van der Waals surface area contributed by atoms with Crippen molar-refractivity contribution in [1.82, 2.24) is 4.90 Å². The molecule has 2 atom stereocenters. The highest BCUT2D eigenvalue weighted by Crippen LogP contribution is 2.34. The third kappa shape index (κ3) is 3.29. The maximum absolute atomic E-state index is 12.3. The van der Waals surface area contributed by atoms with Gasteiger partial charge in [0.15, 0.2) is 0 Å². The van der Waals surface area contributed by atoms with Crippen molar-refractivity contribution in [3.63, 3.8) is 0 Å². The van der Waals surface area contributed by atoms with Gasteiger partial charge in [-0.05, 0) is 37.5 Å². The molecule has 21 heavy (non-hydrogen) atoms. The van der Waals surface area contributed by atoms with Gasteiger partial charge in [-0.25, -0.2) is 0 Å². The van der Waals surface area contributed by atoms with Crippen molar-refractivity contribution in [3.05, 3.63) is 23.8 Å². The SMILES string of the molecule is CCN1C(=O)CCCC(N)C1c1cc(OC)cc(OC)c1. The highest BCUT2D eigenvalue weighted by atomic mass is 16.5. The standard InChI is InChI=1S/C16H24N2O3/c1-4-18-15(19)7-5-6-14(17)16(18)11-8-12(20-2)10-13(9-11)21-3/h8-10,14,16H,4-7,17H2,1-3H3. The molecule has 2 N–H and O–H groups in total. The predicted octanol–water partition coefficient (Wildman–Crippen LogP) is 2.10. The topological polar surface area (TPSA) is 64.8 Å². The average molecular weight is 292 g/mol. The Morgan fingerprint density at radius 2 is 1.86 bits per heavy atom. The largest absolute Gasteiger partial charge is 0.497 e. The molecule has 1 saturated heterocycles. The molecule has 5 nitrogen and oxygen atoms in total. The molecule has 0 radical (unpaired) electrons. The molecule has 2 unspecified atom stereocenters. The summed E-state index contributed by atoms with van der Waals surface area (Å²) in [7, 11) is 3.24. The molecule has 1 fully saturated rings. The number of nitrogens with zero attached hydrogens (tertiary/aromatic N) is 1.